The lowest BCUT2D eigenvalue weighted by molar-refractivity contribution is -0.141. The Labute approximate surface area is 253 Å². The van der Waals surface area contributed by atoms with E-state index in [0.717, 1.165) is 16.7 Å². The maximum absolute atomic E-state index is 14.0. The first-order valence-corrected chi connectivity index (χ1v) is 14.8. The van der Waals surface area contributed by atoms with Crippen LogP contribution in [-0.4, -0.2) is 61.5 Å². The van der Waals surface area contributed by atoms with Gasteiger partial charge in [0.15, 0.2) is 0 Å². The van der Waals surface area contributed by atoms with Gasteiger partial charge < -0.3 is 20.3 Å². The zero-order valence-corrected chi connectivity index (χ0v) is 27.4. The van der Waals surface area contributed by atoms with Gasteiger partial charge in [0.2, 0.25) is 11.8 Å². The van der Waals surface area contributed by atoms with Gasteiger partial charge in [-0.1, -0.05) is 109 Å². The second-order valence-corrected chi connectivity index (χ2v) is 13.0. The molecule has 2 aromatic rings. The molecule has 230 valence electrons. The topological polar surface area (TPSA) is 87.7 Å². The van der Waals surface area contributed by atoms with Crippen LogP contribution in [0.15, 0.2) is 66.2 Å². The van der Waals surface area contributed by atoms with E-state index in [1.54, 1.807) is 38.9 Å². The van der Waals surface area contributed by atoms with Crippen LogP contribution >= 0.6 is 0 Å². The van der Waals surface area contributed by atoms with E-state index in [2.05, 4.69) is 34.9 Å². The van der Waals surface area contributed by atoms with Crippen LogP contribution in [0.1, 0.15) is 67.9 Å². The molecule has 0 aliphatic carbocycles. The molecule has 0 aliphatic heterocycles. The van der Waals surface area contributed by atoms with Crippen molar-refractivity contribution < 1.29 is 19.1 Å². The number of ether oxygens (including phenoxy) is 1. The normalized spacial score (nSPS) is 14.6. The van der Waals surface area contributed by atoms with Gasteiger partial charge in [-0.2, -0.15) is 0 Å². The molecule has 7 heteroatoms. The Bertz CT molecular complexity index is 1240. The van der Waals surface area contributed by atoms with Crippen molar-refractivity contribution in [1.82, 2.24) is 15.5 Å². The monoisotopic (exact) mass is 577 g/mol. The number of hydrogen-bond donors (Lipinski definition) is 2. The predicted octanol–water partition coefficient (Wildman–Crippen LogP) is 5.74. The molecule has 0 spiro atoms. The van der Waals surface area contributed by atoms with E-state index in [9.17, 15) is 14.4 Å². The van der Waals surface area contributed by atoms with Crippen LogP contribution in [0, 0.1) is 11.3 Å². The molecule has 0 saturated carbocycles. The highest BCUT2D eigenvalue weighted by molar-refractivity contribution is 5.92. The third kappa shape index (κ3) is 8.54. The Balaban J connectivity index is 2.38. The molecule has 42 heavy (non-hydrogen) atoms. The number of benzene rings is 2. The fourth-order valence-corrected chi connectivity index (χ4v) is 5.26. The summed E-state index contributed by atoms with van der Waals surface area (Å²) < 4.78 is 5.14. The average molecular weight is 578 g/mol. The lowest BCUT2D eigenvalue weighted by Gasteiger charge is -2.40. The van der Waals surface area contributed by atoms with Crippen molar-refractivity contribution >= 4 is 17.8 Å². The van der Waals surface area contributed by atoms with Crippen molar-refractivity contribution in [1.29, 1.82) is 0 Å². The number of nitrogens with zero attached hydrogens (tertiary/aromatic N) is 1. The summed E-state index contributed by atoms with van der Waals surface area (Å²) in [6.07, 6.45) is 1.78. The molecule has 1 unspecified atom stereocenters. The van der Waals surface area contributed by atoms with Crippen molar-refractivity contribution in [2.75, 3.05) is 20.7 Å². The summed E-state index contributed by atoms with van der Waals surface area (Å²) in [4.78, 5) is 41.9. The van der Waals surface area contributed by atoms with Crippen LogP contribution < -0.4 is 10.6 Å². The van der Waals surface area contributed by atoms with Crippen LogP contribution in [0.2, 0.25) is 0 Å². The quantitative estimate of drug-likeness (QED) is 0.248. The van der Waals surface area contributed by atoms with Crippen molar-refractivity contribution in [3.63, 3.8) is 0 Å². The molecule has 2 N–H and O–H groups in total. The van der Waals surface area contributed by atoms with Gasteiger partial charge in [0.05, 0.1) is 18.7 Å². The molecular weight excluding hydrogens is 526 g/mol. The summed E-state index contributed by atoms with van der Waals surface area (Å²) >= 11 is 0. The van der Waals surface area contributed by atoms with Gasteiger partial charge in [-0.3, -0.25) is 9.59 Å². The number of esters is 1. The highest BCUT2D eigenvalue weighted by Crippen LogP contribution is 2.32. The molecule has 0 heterocycles. The van der Waals surface area contributed by atoms with E-state index in [1.807, 2.05) is 78.8 Å². The van der Waals surface area contributed by atoms with Gasteiger partial charge in [0, 0.05) is 18.0 Å². The Morgan fingerprint density at radius 3 is 2.05 bits per heavy atom. The van der Waals surface area contributed by atoms with Gasteiger partial charge >= 0.3 is 5.97 Å². The molecule has 0 aromatic heterocycles. The zero-order chi connectivity index (χ0) is 31.8. The van der Waals surface area contributed by atoms with Crippen LogP contribution in [0.25, 0.3) is 11.1 Å². The molecular formula is C35H51N3O4. The highest BCUT2D eigenvalue weighted by atomic mass is 16.5. The fourth-order valence-electron chi connectivity index (χ4n) is 5.26. The molecule has 0 radical (unpaired) electrons. The van der Waals surface area contributed by atoms with Crippen LogP contribution in [-0.2, 0) is 24.5 Å². The molecule has 2 aromatic carbocycles. The SMILES string of the molecule is CCOC(=O)/C(C)=C/[C@H](C(C)C)N(C)C(=O)[C@@H](NC(=O)C(NC)C(C)(C)c1cccc(-c2ccccc2)c1)C(C)(C)C. The number of carbonyl (C=O) groups is 3. The first-order chi connectivity index (χ1) is 19.6. The summed E-state index contributed by atoms with van der Waals surface area (Å²) in [6, 6.07) is 16.6. The standard InChI is InChI=1S/C35H51N3O4/c1-12-42-33(41)24(4)21-28(23(2)3)38(11)32(40)30(34(5,6)7)37-31(39)29(36-10)35(8,9)27-20-16-19-26(22-27)25-17-14-13-15-18-25/h13-23,28-30,36H,12H2,1-11H3,(H,37,39)/b24-21+/t28-,29?,30-/m1/s1. The number of nitrogens with one attached hydrogen (secondary N) is 2. The first-order valence-electron chi connectivity index (χ1n) is 14.8. The summed E-state index contributed by atoms with van der Waals surface area (Å²) in [5, 5.41) is 6.31. The third-order valence-electron chi connectivity index (χ3n) is 7.88. The largest absolute Gasteiger partial charge is 0.463 e. The number of hydrogen-bond acceptors (Lipinski definition) is 5. The zero-order valence-electron chi connectivity index (χ0n) is 27.4. The second kappa shape index (κ2) is 14.6. The van der Waals surface area contributed by atoms with E-state index >= 15 is 0 Å². The van der Waals surface area contributed by atoms with Gasteiger partial charge in [-0.15, -0.1) is 0 Å². The molecule has 2 rings (SSSR count). The van der Waals surface area contributed by atoms with Crippen molar-refractivity contribution in [3.05, 3.63) is 71.8 Å². The first kappa shape index (κ1) is 34.7. The van der Waals surface area contributed by atoms with E-state index in [-0.39, 0.29) is 30.4 Å². The molecule has 0 bridgehead atoms. The van der Waals surface area contributed by atoms with Gasteiger partial charge in [0.25, 0.3) is 0 Å². The Hall–Kier alpha value is -3.45. The van der Waals surface area contributed by atoms with Crippen LogP contribution in [0.4, 0.5) is 0 Å². The smallest absolute Gasteiger partial charge is 0.333 e. The molecule has 7 nitrogen and oxygen atoms in total. The molecule has 0 saturated heterocycles. The number of carbonyl (C=O) groups excluding carboxylic acids is 3. The minimum atomic E-state index is -0.796. The maximum atomic E-state index is 14.0. The number of rotatable bonds is 12. The number of likely N-dealkylation sites (N-methyl/N-ethyl adjacent to an activating group) is 2. The van der Waals surface area contributed by atoms with Crippen LogP contribution in [0.5, 0.6) is 0 Å². The third-order valence-corrected chi connectivity index (χ3v) is 7.88. The summed E-state index contributed by atoms with van der Waals surface area (Å²) in [5.74, 6) is -0.851. The predicted molar refractivity (Wildman–Crippen MR) is 171 cm³/mol. The molecule has 0 fully saturated rings. The van der Waals surface area contributed by atoms with E-state index < -0.39 is 28.9 Å². The lowest BCUT2D eigenvalue weighted by Crippen LogP contribution is -2.61. The highest BCUT2D eigenvalue weighted by Gasteiger charge is 2.41. The van der Waals surface area contributed by atoms with Crippen molar-refractivity contribution in [2.45, 2.75) is 85.9 Å². The van der Waals surface area contributed by atoms with Crippen LogP contribution in [0.3, 0.4) is 0 Å². The molecule has 3 atom stereocenters. The summed E-state index contributed by atoms with van der Waals surface area (Å²) in [5.41, 5.74) is 2.47. The van der Waals surface area contributed by atoms with E-state index in [4.69, 9.17) is 4.74 Å². The average Bonchev–Trinajstić information content (AvgIpc) is 2.93. The second-order valence-electron chi connectivity index (χ2n) is 13.0. The van der Waals surface area contributed by atoms with Crippen molar-refractivity contribution in [2.24, 2.45) is 11.3 Å². The van der Waals surface area contributed by atoms with E-state index in [1.165, 1.54) is 0 Å². The van der Waals surface area contributed by atoms with Gasteiger partial charge in [-0.25, -0.2) is 4.79 Å². The van der Waals surface area contributed by atoms with E-state index in [0.29, 0.717) is 5.57 Å². The molecule has 2 amide bonds. The minimum absolute atomic E-state index is 0.0283. The maximum Gasteiger partial charge on any atom is 0.333 e. The number of amides is 2. The van der Waals surface area contributed by atoms with Crippen molar-refractivity contribution in [3.8, 4) is 11.1 Å². The Morgan fingerprint density at radius 1 is 0.929 bits per heavy atom. The molecule has 0 aliphatic rings. The Morgan fingerprint density at radius 2 is 1.52 bits per heavy atom. The summed E-state index contributed by atoms with van der Waals surface area (Å²) in [7, 11) is 3.49. The Kier molecular flexibility index (Phi) is 12.1. The lowest BCUT2D eigenvalue weighted by atomic mass is 9.76. The fraction of sp³-hybridized carbons (Fsp3) is 0.514. The van der Waals surface area contributed by atoms with Gasteiger partial charge in [0.1, 0.15) is 6.04 Å². The summed E-state index contributed by atoms with van der Waals surface area (Å²) in [6.45, 7) is 17.6. The minimum Gasteiger partial charge on any atom is -0.463 e. The van der Waals surface area contributed by atoms with Gasteiger partial charge in [-0.05, 0) is 48.9 Å².